The third kappa shape index (κ3) is 2.69. The van der Waals surface area contributed by atoms with Gasteiger partial charge in [0.15, 0.2) is 5.76 Å². The Kier molecular flexibility index (Phi) is 3.54. The summed E-state index contributed by atoms with van der Waals surface area (Å²) in [7, 11) is 0. The van der Waals surface area contributed by atoms with E-state index in [2.05, 4.69) is 0 Å². The molecule has 1 amide bonds. The fourth-order valence-electron chi connectivity index (χ4n) is 4.04. The summed E-state index contributed by atoms with van der Waals surface area (Å²) in [6.45, 7) is 5.09. The zero-order valence-corrected chi connectivity index (χ0v) is 15.6. The van der Waals surface area contributed by atoms with Crippen LogP contribution in [-0.4, -0.2) is 21.9 Å². The van der Waals surface area contributed by atoms with Gasteiger partial charge in [0, 0.05) is 42.3 Å². The van der Waals surface area contributed by atoms with Crippen LogP contribution < -0.4 is 5.56 Å². The molecule has 2 aromatic heterocycles. The SMILES string of the molecule is Cc1ccc2c(C)c(C(=O)N3CCc4cc(=O)n(C5CC5)cc4C3)oc2c1. The van der Waals surface area contributed by atoms with Crippen LogP contribution in [0.15, 0.2) is 39.7 Å². The van der Waals surface area contributed by atoms with Gasteiger partial charge in [-0.3, -0.25) is 9.59 Å². The molecule has 0 N–H and O–H groups in total. The lowest BCUT2D eigenvalue weighted by Crippen LogP contribution is -2.37. The molecular weight excluding hydrogens is 340 g/mol. The molecule has 3 heterocycles. The maximum atomic E-state index is 13.1. The number of carbonyl (C=O) groups excluding carboxylic acids is 1. The van der Waals surface area contributed by atoms with Crippen LogP contribution in [0.1, 0.15) is 51.7 Å². The summed E-state index contributed by atoms with van der Waals surface area (Å²) in [4.78, 5) is 27.2. The number of furan rings is 1. The molecule has 0 spiro atoms. The van der Waals surface area contributed by atoms with Gasteiger partial charge in [-0.1, -0.05) is 12.1 Å². The van der Waals surface area contributed by atoms with E-state index in [1.165, 1.54) is 0 Å². The van der Waals surface area contributed by atoms with Gasteiger partial charge in [0.2, 0.25) is 0 Å². The largest absolute Gasteiger partial charge is 0.451 e. The molecule has 1 saturated carbocycles. The second-order valence-corrected chi connectivity index (χ2v) is 7.83. The molecule has 1 aromatic carbocycles. The Morgan fingerprint density at radius 2 is 1.96 bits per heavy atom. The van der Waals surface area contributed by atoms with Crippen LogP contribution in [0.5, 0.6) is 0 Å². The van der Waals surface area contributed by atoms with Crippen molar-refractivity contribution in [3.05, 3.63) is 68.8 Å². The average Bonchev–Trinajstić information content (AvgIpc) is 3.44. The van der Waals surface area contributed by atoms with Crippen molar-refractivity contribution in [2.75, 3.05) is 6.54 Å². The number of benzene rings is 1. The Bertz CT molecular complexity index is 1130. The number of rotatable bonds is 2. The predicted molar refractivity (Wildman–Crippen MR) is 103 cm³/mol. The molecule has 1 aliphatic carbocycles. The topological polar surface area (TPSA) is 55.5 Å². The molecule has 0 radical (unpaired) electrons. The number of pyridine rings is 1. The molecular formula is C22H22N2O3. The normalized spacial score (nSPS) is 16.6. The fraction of sp³-hybridized carbons (Fsp3) is 0.364. The molecule has 5 rings (SSSR count). The third-order valence-electron chi connectivity index (χ3n) is 5.79. The zero-order valence-electron chi connectivity index (χ0n) is 15.6. The highest BCUT2D eigenvalue weighted by Crippen LogP contribution is 2.34. The fourth-order valence-corrected chi connectivity index (χ4v) is 4.04. The predicted octanol–water partition coefficient (Wildman–Crippen LogP) is 3.74. The maximum Gasteiger partial charge on any atom is 0.290 e. The van der Waals surface area contributed by atoms with Crippen LogP contribution in [-0.2, 0) is 13.0 Å². The number of carbonyl (C=O) groups is 1. The van der Waals surface area contributed by atoms with E-state index in [4.69, 9.17) is 4.42 Å². The van der Waals surface area contributed by atoms with Gasteiger partial charge in [-0.05, 0) is 55.9 Å². The van der Waals surface area contributed by atoms with Crippen LogP contribution in [0.25, 0.3) is 11.0 Å². The molecule has 1 fully saturated rings. The van der Waals surface area contributed by atoms with Gasteiger partial charge in [-0.15, -0.1) is 0 Å². The van der Waals surface area contributed by atoms with Crippen molar-refractivity contribution >= 4 is 16.9 Å². The lowest BCUT2D eigenvalue weighted by molar-refractivity contribution is 0.0703. The van der Waals surface area contributed by atoms with Gasteiger partial charge in [-0.2, -0.15) is 0 Å². The second-order valence-electron chi connectivity index (χ2n) is 7.83. The minimum Gasteiger partial charge on any atom is -0.451 e. The number of aromatic nitrogens is 1. The van der Waals surface area contributed by atoms with Crippen LogP contribution in [0.4, 0.5) is 0 Å². The van der Waals surface area contributed by atoms with E-state index in [1.807, 2.05) is 47.7 Å². The molecule has 5 nitrogen and oxygen atoms in total. The number of hydrogen-bond acceptors (Lipinski definition) is 3. The lowest BCUT2D eigenvalue weighted by Gasteiger charge is -2.28. The summed E-state index contributed by atoms with van der Waals surface area (Å²) in [6.07, 6.45) is 4.81. The van der Waals surface area contributed by atoms with Gasteiger partial charge in [0.1, 0.15) is 5.58 Å². The number of amides is 1. The van der Waals surface area contributed by atoms with Crippen LogP contribution >= 0.6 is 0 Å². The average molecular weight is 362 g/mol. The highest BCUT2D eigenvalue weighted by Gasteiger charge is 2.29. The highest BCUT2D eigenvalue weighted by atomic mass is 16.3. The van der Waals surface area contributed by atoms with E-state index in [0.717, 1.165) is 46.1 Å². The Morgan fingerprint density at radius 3 is 2.74 bits per heavy atom. The van der Waals surface area contributed by atoms with Crippen molar-refractivity contribution in [2.24, 2.45) is 0 Å². The summed E-state index contributed by atoms with van der Waals surface area (Å²) in [5, 5.41) is 0.990. The van der Waals surface area contributed by atoms with Crippen LogP contribution in [0, 0.1) is 13.8 Å². The van der Waals surface area contributed by atoms with Crippen molar-refractivity contribution in [3.63, 3.8) is 0 Å². The molecule has 0 atom stereocenters. The number of nitrogens with zero attached hydrogens (tertiary/aromatic N) is 2. The van der Waals surface area contributed by atoms with E-state index in [9.17, 15) is 9.59 Å². The molecule has 5 heteroatoms. The second kappa shape index (κ2) is 5.84. The van der Waals surface area contributed by atoms with Gasteiger partial charge >= 0.3 is 0 Å². The number of hydrogen-bond donors (Lipinski definition) is 0. The summed E-state index contributed by atoms with van der Waals surface area (Å²) < 4.78 is 7.76. The summed E-state index contributed by atoms with van der Waals surface area (Å²) in [5.74, 6) is 0.353. The first kappa shape index (κ1) is 16.4. The Balaban J connectivity index is 1.48. The minimum absolute atomic E-state index is 0.0730. The molecule has 3 aromatic rings. The minimum atomic E-state index is -0.0730. The van der Waals surface area contributed by atoms with E-state index in [1.54, 1.807) is 6.07 Å². The lowest BCUT2D eigenvalue weighted by atomic mass is 10.0. The molecule has 1 aliphatic heterocycles. The van der Waals surface area contributed by atoms with E-state index in [0.29, 0.717) is 31.3 Å². The van der Waals surface area contributed by atoms with Gasteiger partial charge < -0.3 is 13.9 Å². The zero-order chi connectivity index (χ0) is 18.7. The molecule has 138 valence electrons. The quantitative estimate of drug-likeness (QED) is 0.698. The monoisotopic (exact) mass is 362 g/mol. The first-order valence-electron chi connectivity index (χ1n) is 9.54. The first-order chi connectivity index (χ1) is 13.0. The van der Waals surface area contributed by atoms with Gasteiger partial charge in [0.05, 0.1) is 0 Å². The molecule has 0 saturated heterocycles. The van der Waals surface area contributed by atoms with Crippen molar-refractivity contribution in [1.82, 2.24) is 9.47 Å². The van der Waals surface area contributed by atoms with Gasteiger partial charge in [-0.25, -0.2) is 0 Å². The smallest absolute Gasteiger partial charge is 0.290 e. The van der Waals surface area contributed by atoms with Crippen LogP contribution in [0.3, 0.4) is 0 Å². The molecule has 0 unspecified atom stereocenters. The summed E-state index contributed by atoms with van der Waals surface area (Å²) >= 11 is 0. The number of fused-ring (bicyclic) bond motifs is 2. The molecule has 2 aliphatic rings. The first-order valence-corrected chi connectivity index (χ1v) is 9.54. The number of aryl methyl sites for hydroxylation is 2. The standard InChI is InChI=1S/C22H22N2O3/c1-13-3-6-18-14(2)21(27-19(18)9-13)22(26)23-8-7-15-10-20(25)24(17-4-5-17)12-16(15)11-23/h3,6,9-10,12,17H,4-5,7-8,11H2,1-2H3. The molecule has 0 bridgehead atoms. The Labute approximate surface area is 157 Å². The van der Waals surface area contributed by atoms with E-state index < -0.39 is 0 Å². The molecule has 27 heavy (non-hydrogen) atoms. The van der Waals surface area contributed by atoms with Crippen molar-refractivity contribution < 1.29 is 9.21 Å². The Hall–Kier alpha value is -2.82. The summed E-state index contributed by atoms with van der Waals surface area (Å²) in [5.41, 5.74) is 4.99. The van der Waals surface area contributed by atoms with Gasteiger partial charge in [0.25, 0.3) is 11.5 Å². The van der Waals surface area contributed by atoms with Crippen molar-refractivity contribution in [1.29, 1.82) is 0 Å². The van der Waals surface area contributed by atoms with Crippen molar-refractivity contribution in [2.45, 2.75) is 45.7 Å². The van der Waals surface area contributed by atoms with Crippen LogP contribution in [0.2, 0.25) is 0 Å². The van der Waals surface area contributed by atoms with E-state index >= 15 is 0 Å². The van der Waals surface area contributed by atoms with Crippen molar-refractivity contribution in [3.8, 4) is 0 Å². The summed E-state index contributed by atoms with van der Waals surface area (Å²) in [6, 6.07) is 8.12. The maximum absolute atomic E-state index is 13.1. The van der Waals surface area contributed by atoms with E-state index in [-0.39, 0.29) is 11.5 Å². The third-order valence-corrected chi connectivity index (χ3v) is 5.79. The highest BCUT2D eigenvalue weighted by molar-refractivity contribution is 5.99. The Morgan fingerprint density at radius 1 is 1.15 bits per heavy atom.